The fraction of sp³-hybridized carbons (Fsp3) is 0.579. The maximum atomic E-state index is 12.8. The summed E-state index contributed by atoms with van der Waals surface area (Å²) in [5.41, 5.74) is 1.03. The summed E-state index contributed by atoms with van der Waals surface area (Å²) in [7, 11) is 1.63. The van der Waals surface area contributed by atoms with E-state index in [-0.39, 0.29) is 17.7 Å². The van der Waals surface area contributed by atoms with Crippen LogP contribution in [-0.4, -0.2) is 47.9 Å². The molecular weight excluding hydrogens is 304 g/mol. The smallest absolute Gasteiger partial charge is 0.228 e. The third kappa shape index (κ3) is 3.55. The first-order chi connectivity index (χ1) is 11.6. The minimum absolute atomic E-state index is 0.0702. The first kappa shape index (κ1) is 16.8. The van der Waals surface area contributed by atoms with Crippen molar-refractivity contribution in [2.75, 3.05) is 20.2 Å². The molecule has 5 heteroatoms. The van der Waals surface area contributed by atoms with Gasteiger partial charge in [-0.05, 0) is 43.9 Å². The zero-order valence-electron chi connectivity index (χ0n) is 14.5. The molecule has 2 saturated heterocycles. The summed E-state index contributed by atoms with van der Waals surface area (Å²) >= 11 is 0. The van der Waals surface area contributed by atoms with Gasteiger partial charge in [0.1, 0.15) is 5.75 Å². The summed E-state index contributed by atoms with van der Waals surface area (Å²) in [4.78, 5) is 28.9. The summed E-state index contributed by atoms with van der Waals surface area (Å²) in [6, 6.07) is 8.03. The molecule has 3 rings (SSSR count). The molecule has 0 radical (unpaired) electrons. The Balaban J connectivity index is 1.63. The van der Waals surface area contributed by atoms with Crippen LogP contribution in [0.25, 0.3) is 0 Å². The van der Waals surface area contributed by atoms with Gasteiger partial charge in [0.05, 0.1) is 13.0 Å². The van der Waals surface area contributed by atoms with Crippen LogP contribution in [0, 0.1) is 5.92 Å². The van der Waals surface area contributed by atoms with Crippen molar-refractivity contribution in [3.05, 3.63) is 29.8 Å². The fourth-order valence-corrected chi connectivity index (χ4v) is 3.74. The highest BCUT2D eigenvalue weighted by Gasteiger charge is 2.38. The Labute approximate surface area is 143 Å². The van der Waals surface area contributed by atoms with Crippen molar-refractivity contribution in [2.45, 2.75) is 45.2 Å². The Bertz CT molecular complexity index is 616. The zero-order valence-corrected chi connectivity index (χ0v) is 14.5. The third-order valence-corrected chi connectivity index (χ3v) is 5.16. The second kappa shape index (κ2) is 7.24. The van der Waals surface area contributed by atoms with Crippen molar-refractivity contribution in [1.82, 2.24) is 9.80 Å². The van der Waals surface area contributed by atoms with Crippen LogP contribution >= 0.6 is 0 Å². The van der Waals surface area contributed by atoms with Gasteiger partial charge in [-0.15, -0.1) is 0 Å². The van der Waals surface area contributed by atoms with E-state index in [4.69, 9.17) is 4.74 Å². The van der Waals surface area contributed by atoms with Gasteiger partial charge < -0.3 is 14.5 Å². The molecule has 2 atom stereocenters. The molecule has 2 aliphatic rings. The molecule has 1 aromatic carbocycles. The lowest BCUT2D eigenvalue weighted by Gasteiger charge is -2.35. The summed E-state index contributed by atoms with van der Waals surface area (Å²) in [6.07, 6.45) is 3.67. The molecule has 130 valence electrons. The molecule has 24 heavy (non-hydrogen) atoms. The number of rotatable bonds is 4. The second-order valence-electron chi connectivity index (χ2n) is 6.90. The first-order valence-electron chi connectivity index (χ1n) is 8.79. The van der Waals surface area contributed by atoms with E-state index >= 15 is 0 Å². The van der Waals surface area contributed by atoms with Gasteiger partial charge in [0.2, 0.25) is 11.8 Å². The van der Waals surface area contributed by atoms with Crippen LogP contribution in [0.5, 0.6) is 5.75 Å². The molecule has 5 nitrogen and oxygen atoms in total. The van der Waals surface area contributed by atoms with Gasteiger partial charge in [-0.3, -0.25) is 9.59 Å². The molecule has 2 fully saturated rings. The van der Waals surface area contributed by atoms with Crippen LogP contribution in [0.3, 0.4) is 0 Å². The van der Waals surface area contributed by atoms with E-state index in [0.717, 1.165) is 30.7 Å². The van der Waals surface area contributed by atoms with Crippen LogP contribution < -0.4 is 4.74 Å². The molecule has 0 aromatic heterocycles. The van der Waals surface area contributed by atoms with Crippen LogP contribution in [0.15, 0.2) is 24.3 Å². The summed E-state index contributed by atoms with van der Waals surface area (Å²) in [5.74, 6) is 0.821. The Hall–Kier alpha value is -2.04. The van der Waals surface area contributed by atoms with E-state index in [1.54, 1.807) is 12.0 Å². The average molecular weight is 330 g/mol. The van der Waals surface area contributed by atoms with Crippen molar-refractivity contribution in [1.29, 1.82) is 0 Å². The van der Waals surface area contributed by atoms with Gasteiger partial charge in [-0.1, -0.05) is 12.1 Å². The molecule has 2 amide bonds. The summed E-state index contributed by atoms with van der Waals surface area (Å²) in [6.45, 7) is 4.01. The van der Waals surface area contributed by atoms with Crippen molar-refractivity contribution in [3.8, 4) is 5.75 Å². The summed E-state index contributed by atoms with van der Waals surface area (Å²) in [5, 5.41) is 0. The number of carbonyl (C=O) groups is 2. The lowest BCUT2D eigenvalue weighted by Crippen LogP contribution is -2.45. The van der Waals surface area contributed by atoms with Gasteiger partial charge in [0.15, 0.2) is 0 Å². The van der Waals surface area contributed by atoms with Crippen molar-refractivity contribution in [3.63, 3.8) is 0 Å². The number of amides is 2. The lowest BCUT2D eigenvalue weighted by molar-refractivity contribution is -0.139. The highest BCUT2D eigenvalue weighted by Crippen LogP contribution is 2.26. The number of carbonyl (C=O) groups excluding carboxylic acids is 2. The Morgan fingerprint density at radius 3 is 2.92 bits per heavy atom. The Kier molecular flexibility index (Phi) is 5.07. The quantitative estimate of drug-likeness (QED) is 0.852. The van der Waals surface area contributed by atoms with Crippen molar-refractivity contribution in [2.24, 2.45) is 5.92 Å². The molecule has 0 unspecified atom stereocenters. The fourth-order valence-electron chi connectivity index (χ4n) is 3.74. The van der Waals surface area contributed by atoms with E-state index in [0.29, 0.717) is 25.6 Å². The number of likely N-dealkylation sites (tertiary alicyclic amines) is 2. The van der Waals surface area contributed by atoms with Crippen molar-refractivity contribution >= 4 is 11.8 Å². The van der Waals surface area contributed by atoms with E-state index in [1.165, 1.54) is 6.42 Å². The summed E-state index contributed by atoms with van der Waals surface area (Å²) < 4.78 is 5.23. The number of ether oxygens (including phenoxy) is 1. The van der Waals surface area contributed by atoms with Gasteiger partial charge in [0.25, 0.3) is 0 Å². The van der Waals surface area contributed by atoms with Crippen LogP contribution in [-0.2, 0) is 16.1 Å². The molecule has 0 N–H and O–H groups in total. The van der Waals surface area contributed by atoms with E-state index < -0.39 is 0 Å². The monoisotopic (exact) mass is 330 g/mol. The Morgan fingerprint density at radius 1 is 1.33 bits per heavy atom. The third-order valence-electron chi connectivity index (χ3n) is 5.16. The van der Waals surface area contributed by atoms with Crippen LogP contribution in [0.2, 0.25) is 0 Å². The number of methoxy groups -OCH3 is 1. The average Bonchev–Trinajstić information content (AvgIpc) is 2.95. The van der Waals surface area contributed by atoms with Gasteiger partial charge >= 0.3 is 0 Å². The highest BCUT2D eigenvalue weighted by molar-refractivity contribution is 5.89. The number of piperidine rings is 1. The maximum absolute atomic E-state index is 12.8. The van der Waals surface area contributed by atoms with E-state index in [9.17, 15) is 9.59 Å². The minimum atomic E-state index is -0.191. The van der Waals surface area contributed by atoms with E-state index in [1.807, 2.05) is 29.2 Å². The predicted octanol–water partition coefficient (Wildman–Crippen LogP) is 2.44. The lowest BCUT2D eigenvalue weighted by atomic mass is 9.99. The van der Waals surface area contributed by atoms with Crippen LogP contribution in [0.4, 0.5) is 0 Å². The number of benzene rings is 1. The topological polar surface area (TPSA) is 49.9 Å². The molecule has 0 saturated carbocycles. The minimum Gasteiger partial charge on any atom is -0.497 e. The van der Waals surface area contributed by atoms with Crippen LogP contribution in [0.1, 0.15) is 38.2 Å². The first-order valence-corrected chi connectivity index (χ1v) is 8.79. The molecule has 0 aliphatic carbocycles. The molecule has 2 aliphatic heterocycles. The Morgan fingerprint density at radius 2 is 2.17 bits per heavy atom. The molecule has 1 aromatic rings. The standard InChI is InChI=1S/C19H26N2O3/c1-14-6-3-4-9-21(14)19(23)16-11-18(22)20(13-16)12-15-7-5-8-17(10-15)24-2/h5,7-8,10,14,16H,3-4,6,9,11-13H2,1-2H3/t14-,16+/m0/s1. The molecule has 0 bridgehead atoms. The van der Waals surface area contributed by atoms with Gasteiger partial charge in [-0.25, -0.2) is 0 Å². The maximum Gasteiger partial charge on any atom is 0.228 e. The SMILES string of the molecule is COc1cccc(CN2C[C@H](C(=O)N3CCCC[C@@H]3C)CC2=O)c1. The zero-order chi connectivity index (χ0) is 17.1. The largest absolute Gasteiger partial charge is 0.497 e. The molecular formula is C19H26N2O3. The number of hydrogen-bond acceptors (Lipinski definition) is 3. The van der Waals surface area contributed by atoms with Crippen molar-refractivity contribution < 1.29 is 14.3 Å². The van der Waals surface area contributed by atoms with Gasteiger partial charge in [-0.2, -0.15) is 0 Å². The van der Waals surface area contributed by atoms with Gasteiger partial charge in [0, 0.05) is 32.1 Å². The highest BCUT2D eigenvalue weighted by atomic mass is 16.5. The number of hydrogen-bond donors (Lipinski definition) is 0. The predicted molar refractivity (Wildman–Crippen MR) is 91.5 cm³/mol. The normalized spacial score (nSPS) is 24.3. The van der Waals surface area contributed by atoms with E-state index in [2.05, 4.69) is 6.92 Å². The second-order valence-corrected chi connectivity index (χ2v) is 6.90. The molecule has 0 spiro atoms. The molecule has 2 heterocycles. The number of nitrogens with zero attached hydrogens (tertiary/aromatic N) is 2.